The first-order chi connectivity index (χ1) is 12.3. The van der Waals surface area contributed by atoms with E-state index >= 15 is 0 Å². The van der Waals surface area contributed by atoms with E-state index in [1.165, 1.54) is 11.8 Å². The van der Waals surface area contributed by atoms with Gasteiger partial charge < -0.3 is 9.47 Å². The molecule has 1 heterocycles. The summed E-state index contributed by atoms with van der Waals surface area (Å²) in [6.07, 6.45) is 1.64. The Morgan fingerprint density at radius 2 is 1.88 bits per heavy atom. The summed E-state index contributed by atoms with van der Waals surface area (Å²) in [5.74, 6) is 0.985. The van der Waals surface area contributed by atoms with E-state index in [9.17, 15) is 4.79 Å². The number of esters is 1. The number of rotatable bonds is 7. The van der Waals surface area contributed by atoms with E-state index in [0.717, 1.165) is 11.4 Å². The van der Waals surface area contributed by atoms with Crippen LogP contribution in [0.25, 0.3) is 5.69 Å². The summed E-state index contributed by atoms with van der Waals surface area (Å²) in [5, 5.41) is 8.80. The minimum absolute atomic E-state index is 0.289. The Morgan fingerprint density at radius 3 is 2.68 bits per heavy atom. The molecule has 0 bridgehead atoms. The van der Waals surface area contributed by atoms with Gasteiger partial charge in [0.05, 0.1) is 18.4 Å². The first-order valence-electron chi connectivity index (χ1n) is 7.68. The molecular weight excluding hydrogens is 338 g/mol. The zero-order valence-electron chi connectivity index (χ0n) is 13.7. The average molecular weight is 355 g/mol. The third kappa shape index (κ3) is 4.19. The lowest BCUT2D eigenvalue weighted by molar-refractivity contribution is 0.0530. The largest absolute Gasteiger partial charge is 0.495 e. The van der Waals surface area contributed by atoms with Crippen molar-refractivity contribution in [2.75, 3.05) is 19.5 Å². The lowest BCUT2D eigenvalue weighted by Gasteiger charge is -2.10. The lowest BCUT2D eigenvalue weighted by atomic mass is 10.2. The van der Waals surface area contributed by atoms with E-state index < -0.39 is 0 Å². The topological polar surface area (TPSA) is 66.2 Å². The Morgan fingerprint density at radius 1 is 1.12 bits per heavy atom. The van der Waals surface area contributed by atoms with Crippen LogP contribution in [0.3, 0.4) is 0 Å². The minimum Gasteiger partial charge on any atom is -0.495 e. The summed E-state index contributed by atoms with van der Waals surface area (Å²) >= 11 is 1.46. The summed E-state index contributed by atoms with van der Waals surface area (Å²) in [6.45, 7) is 0.289. The van der Waals surface area contributed by atoms with E-state index in [0.29, 0.717) is 16.5 Å². The normalized spacial score (nSPS) is 10.4. The molecule has 0 aliphatic carbocycles. The highest BCUT2D eigenvalue weighted by Gasteiger charge is 2.12. The number of hydrogen-bond acceptors (Lipinski definition) is 6. The van der Waals surface area contributed by atoms with Crippen molar-refractivity contribution < 1.29 is 14.3 Å². The molecule has 0 aliphatic rings. The molecule has 0 radical (unpaired) electrons. The molecule has 0 unspecified atom stereocenters. The van der Waals surface area contributed by atoms with Gasteiger partial charge in [-0.1, -0.05) is 42.1 Å². The second-order valence-electron chi connectivity index (χ2n) is 5.01. The lowest BCUT2D eigenvalue weighted by Crippen LogP contribution is -2.08. The van der Waals surface area contributed by atoms with Crippen LogP contribution in [0.1, 0.15) is 10.4 Å². The molecule has 3 rings (SSSR count). The molecule has 128 valence electrons. The Kier molecular flexibility index (Phi) is 5.69. The van der Waals surface area contributed by atoms with Crippen LogP contribution >= 0.6 is 11.8 Å². The van der Waals surface area contributed by atoms with Crippen molar-refractivity contribution >= 4 is 17.7 Å². The van der Waals surface area contributed by atoms with Gasteiger partial charge in [0.2, 0.25) is 0 Å². The van der Waals surface area contributed by atoms with Gasteiger partial charge in [0.15, 0.2) is 5.16 Å². The van der Waals surface area contributed by atoms with Crippen LogP contribution in [-0.4, -0.2) is 40.2 Å². The Labute approximate surface area is 149 Å². The number of nitrogens with zero attached hydrogens (tertiary/aromatic N) is 3. The van der Waals surface area contributed by atoms with Gasteiger partial charge in [-0.3, -0.25) is 4.57 Å². The van der Waals surface area contributed by atoms with Crippen molar-refractivity contribution in [3.8, 4) is 11.4 Å². The van der Waals surface area contributed by atoms with Crippen LogP contribution in [0.15, 0.2) is 66.1 Å². The molecule has 0 atom stereocenters. The van der Waals surface area contributed by atoms with E-state index in [-0.39, 0.29) is 12.6 Å². The summed E-state index contributed by atoms with van der Waals surface area (Å²) in [6, 6.07) is 16.6. The van der Waals surface area contributed by atoms with Crippen LogP contribution in [0, 0.1) is 0 Å². The molecule has 2 aromatic carbocycles. The fourth-order valence-corrected chi connectivity index (χ4v) is 2.98. The summed E-state index contributed by atoms with van der Waals surface area (Å²) in [4.78, 5) is 11.9. The van der Waals surface area contributed by atoms with Gasteiger partial charge in [0.1, 0.15) is 18.7 Å². The second kappa shape index (κ2) is 8.34. The molecule has 6 nitrogen and oxygen atoms in total. The van der Waals surface area contributed by atoms with E-state index in [1.807, 2.05) is 34.9 Å². The number of aromatic nitrogens is 3. The monoisotopic (exact) mass is 355 g/mol. The van der Waals surface area contributed by atoms with Gasteiger partial charge in [0.25, 0.3) is 0 Å². The predicted octanol–water partition coefficient (Wildman–Crippen LogP) is 3.23. The third-order valence-electron chi connectivity index (χ3n) is 3.42. The Bertz CT molecular complexity index is 836. The minimum atomic E-state index is -0.326. The molecule has 0 saturated carbocycles. The second-order valence-corrected chi connectivity index (χ2v) is 6.07. The highest BCUT2D eigenvalue weighted by Crippen LogP contribution is 2.26. The van der Waals surface area contributed by atoms with Crippen LogP contribution in [0.5, 0.6) is 5.75 Å². The van der Waals surface area contributed by atoms with Crippen molar-refractivity contribution in [3.63, 3.8) is 0 Å². The fraction of sp³-hybridized carbons (Fsp3) is 0.167. The van der Waals surface area contributed by atoms with Crippen LogP contribution in [0.2, 0.25) is 0 Å². The summed E-state index contributed by atoms with van der Waals surface area (Å²) < 4.78 is 12.5. The van der Waals surface area contributed by atoms with Gasteiger partial charge in [-0.25, -0.2) is 4.79 Å². The van der Waals surface area contributed by atoms with Gasteiger partial charge in [-0.05, 0) is 24.3 Å². The van der Waals surface area contributed by atoms with Crippen molar-refractivity contribution in [2.45, 2.75) is 5.16 Å². The Balaban J connectivity index is 1.58. The van der Waals surface area contributed by atoms with Gasteiger partial charge in [-0.2, -0.15) is 0 Å². The van der Waals surface area contributed by atoms with Crippen LogP contribution in [0.4, 0.5) is 0 Å². The number of hydrogen-bond donors (Lipinski definition) is 0. The number of methoxy groups -OCH3 is 1. The number of para-hydroxylation sites is 2. The van der Waals surface area contributed by atoms with Crippen molar-refractivity contribution in [1.82, 2.24) is 14.8 Å². The number of carbonyl (C=O) groups excluding carboxylic acids is 1. The maximum Gasteiger partial charge on any atom is 0.338 e. The quantitative estimate of drug-likeness (QED) is 0.368. The first kappa shape index (κ1) is 17.0. The number of benzene rings is 2. The van der Waals surface area contributed by atoms with E-state index in [1.54, 1.807) is 37.7 Å². The summed E-state index contributed by atoms with van der Waals surface area (Å²) in [5.41, 5.74) is 1.41. The average Bonchev–Trinajstić information content (AvgIpc) is 3.14. The maximum atomic E-state index is 11.9. The van der Waals surface area contributed by atoms with Gasteiger partial charge in [-0.15, -0.1) is 10.2 Å². The molecule has 0 spiro atoms. The molecule has 0 N–H and O–H groups in total. The molecule has 25 heavy (non-hydrogen) atoms. The molecular formula is C18H17N3O3S. The van der Waals surface area contributed by atoms with Crippen LogP contribution in [-0.2, 0) is 4.74 Å². The Hall–Kier alpha value is -2.80. The van der Waals surface area contributed by atoms with Crippen molar-refractivity contribution in [3.05, 3.63) is 66.5 Å². The van der Waals surface area contributed by atoms with Gasteiger partial charge in [0, 0.05) is 5.75 Å². The van der Waals surface area contributed by atoms with Crippen molar-refractivity contribution in [2.24, 2.45) is 0 Å². The molecule has 0 aliphatic heterocycles. The van der Waals surface area contributed by atoms with E-state index in [2.05, 4.69) is 10.2 Å². The highest BCUT2D eigenvalue weighted by molar-refractivity contribution is 7.99. The number of carbonyl (C=O) groups is 1. The highest BCUT2D eigenvalue weighted by atomic mass is 32.2. The molecule has 7 heteroatoms. The molecule has 0 saturated heterocycles. The molecule has 1 aromatic heterocycles. The number of thioether (sulfide) groups is 1. The van der Waals surface area contributed by atoms with Gasteiger partial charge >= 0.3 is 5.97 Å². The molecule has 0 fully saturated rings. The SMILES string of the molecule is COc1ccccc1-n1cnnc1SCCOC(=O)c1ccccc1. The predicted molar refractivity (Wildman–Crippen MR) is 95.4 cm³/mol. The van der Waals surface area contributed by atoms with E-state index in [4.69, 9.17) is 9.47 Å². The zero-order chi connectivity index (χ0) is 17.5. The smallest absolute Gasteiger partial charge is 0.338 e. The third-order valence-corrected chi connectivity index (χ3v) is 4.33. The molecule has 0 amide bonds. The summed E-state index contributed by atoms with van der Waals surface area (Å²) in [7, 11) is 1.62. The van der Waals surface area contributed by atoms with Crippen LogP contribution < -0.4 is 4.74 Å². The zero-order valence-corrected chi connectivity index (χ0v) is 14.5. The van der Waals surface area contributed by atoms with Crippen molar-refractivity contribution in [1.29, 1.82) is 0 Å². The molecule has 3 aromatic rings. The fourth-order valence-electron chi connectivity index (χ4n) is 2.24. The first-order valence-corrected chi connectivity index (χ1v) is 8.66. The standard InChI is InChI=1S/C18H17N3O3S/c1-23-16-10-6-5-9-15(16)21-13-19-20-18(21)25-12-11-24-17(22)14-7-3-2-4-8-14/h2-10,13H,11-12H2,1H3. The number of ether oxygens (including phenoxy) is 2. The maximum absolute atomic E-state index is 11.9.